The molecule has 0 spiro atoms. The maximum absolute atomic E-state index is 12.4. The highest BCUT2D eigenvalue weighted by atomic mass is 32.2. The summed E-state index contributed by atoms with van der Waals surface area (Å²) in [5, 5.41) is 9.70. The number of benzene rings is 1. The van der Waals surface area contributed by atoms with Gasteiger partial charge in [-0.1, -0.05) is 12.1 Å². The van der Waals surface area contributed by atoms with Gasteiger partial charge in [-0.25, -0.2) is 18.1 Å². The lowest BCUT2D eigenvalue weighted by Gasteiger charge is -2.09. The zero-order valence-electron chi connectivity index (χ0n) is 17.4. The molecule has 2 amide bonds. The molecular formula is C21H23N5O4S. The second kappa shape index (κ2) is 9.09. The average molecular weight is 442 g/mol. The molecule has 2 N–H and O–H groups in total. The Labute approximate surface area is 180 Å². The minimum Gasteiger partial charge on any atom is -0.349 e. The monoisotopic (exact) mass is 441 g/mol. The van der Waals surface area contributed by atoms with E-state index in [1.54, 1.807) is 36.7 Å². The molecule has 0 atom stereocenters. The molecule has 2 heterocycles. The van der Waals surface area contributed by atoms with Crippen molar-refractivity contribution in [2.24, 2.45) is 0 Å². The van der Waals surface area contributed by atoms with Gasteiger partial charge in [0.15, 0.2) is 9.84 Å². The Morgan fingerprint density at radius 2 is 1.74 bits per heavy atom. The number of pyridine rings is 1. The number of aromatic nitrogens is 3. The van der Waals surface area contributed by atoms with E-state index in [0.29, 0.717) is 11.3 Å². The highest BCUT2D eigenvalue weighted by Crippen LogP contribution is 2.15. The molecule has 3 aromatic rings. The lowest BCUT2D eigenvalue weighted by atomic mass is 10.2. The number of hydrogen-bond acceptors (Lipinski definition) is 6. The first-order valence-electron chi connectivity index (χ1n) is 9.53. The molecule has 3 rings (SSSR count). The van der Waals surface area contributed by atoms with Crippen LogP contribution in [-0.2, 0) is 16.4 Å². The third kappa shape index (κ3) is 5.76. The number of amides is 2. The second-order valence-corrected chi connectivity index (χ2v) is 9.30. The summed E-state index contributed by atoms with van der Waals surface area (Å²) in [7, 11) is -3.33. The molecule has 10 heteroatoms. The van der Waals surface area contributed by atoms with Gasteiger partial charge in [0.1, 0.15) is 11.4 Å². The summed E-state index contributed by atoms with van der Waals surface area (Å²) in [5.41, 5.74) is 1.60. The molecule has 0 fully saturated rings. The summed E-state index contributed by atoms with van der Waals surface area (Å²) in [6, 6.07) is 11.1. The van der Waals surface area contributed by atoms with Crippen LogP contribution in [0.2, 0.25) is 0 Å². The first-order valence-corrected chi connectivity index (χ1v) is 11.4. The molecule has 0 saturated heterocycles. The summed E-state index contributed by atoms with van der Waals surface area (Å²) in [4.78, 5) is 28.8. The first kappa shape index (κ1) is 22.2. The van der Waals surface area contributed by atoms with Crippen LogP contribution in [-0.4, -0.2) is 47.3 Å². The summed E-state index contributed by atoms with van der Waals surface area (Å²) in [6.45, 7) is 3.87. The van der Waals surface area contributed by atoms with Crippen molar-refractivity contribution >= 4 is 21.7 Å². The summed E-state index contributed by atoms with van der Waals surface area (Å²) >= 11 is 0. The fourth-order valence-electron chi connectivity index (χ4n) is 2.75. The standard InChI is InChI=1S/C21H23N5O4S/c1-14(2)24-21(28)19-9-5-8-18(25-19)20(27)22-11-15-12-23-26(13-15)16-6-4-7-17(10-16)31(3,29)30/h4-10,12-14H,11H2,1-3H3,(H,22,27)(H,24,28). The molecule has 0 aliphatic rings. The molecule has 2 aromatic heterocycles. The van der Waals surface area contributed by atoms with Gasteiger partial charge in [-0.3, -0.25) is 9.59 Å². The van der Waals surface area contributed by atoms with Crippen molar-refractivity contribution in [2.75, 3.05) is 6.26 Å². The van der Waals surface area contributed by atoms with Crippen LogP contribution in [0, 0.1) is 0 Å². The molecule has 1 aromatic carbocycles. The molecule has 0 radical (unpaired) electrons. The lowest BCUT2D eigenvalue weighted by Crippen LogP contribution is -2.31. The summed E-state index contributed by atoms with van der Waals surface area (Å²) < 4.78 is 25.0. The Balaban J connectivity index is 1.67. The number of carbonyl (C=O) groups is 2. The van der Waals surface area contributed by atoms with Gasteiger partial charge in [0.05, 0.1) is 16.8 Å². The molecule has 9 nitrogen and oxygen atoms in total. The van der Waals surface area contributed by atoms with Gasteiger partial charge < -0.3 is 10.6 Å². The third-order valence-electron chi connectivity index (χ3n) is 4.23. The highest BCUT2D eigenvalue weighted by Gasteiger charge is 2.14. The van der Waals surface area contributed by atoms with Gasteiger partial charge in [-0.05, 0) is 44.2 Å². The number of sulfone groups is 1. The van der Waals surface area contributed by atoms with E-state index in [-0.39, 0.29) is 34.8 Å². The van der Waals surface area contributed by atoms with Crippen molar-refractivity contribution in [3.8, 4) is 5.69 Å². The predicted octanol–water partition coefficient (Wildman–Crippen LogP) is 1.74. The molecule has 0 aliphatic heterocycles. The van der Waals surface area contributed by atoms with Crippen LogP contribution in [0.3, 0.4) is 0 Å². The lowest BCUT2D eigenvalue weighted by molar-refractivity contribution is 0.0936. The number of nitrogens with one attached hydrogen (secondary N) is 2. The largest absolute Gasteiger partial charge is 0.349 e. The SMILES string of the molecule is CC(C)NC(=O)c1cccc(C(=O)NCc2cnn(-c3cccc(S(C)(=O)=O)c3)c2)n1. The zero-order valence-corrected chi connectivity index (χ0v) is 18.2. The van der Waals surface area contributed by atoms with E-state index in [2.05, 4.69) is 20.7 Å². The Bertz CT molecular complexity index is 1220. The Kier molecular flexibility index (Phi) is 6.50. The molecular weight excluding hydrogens is 418 g/mol. The summed E-state index contributed by atoms with van der Waals surface area (Å²) in [5.74, 6) is -0.770. The average Bonchev–Trinajstić information content (AvgIpc) is 3.20. The van der Waals surface area contributed by atoms with Crippen LogP contribution in [0.4, 0.5) is 0 Å². The van der Waals surface area contributed by atoms with Crippen molar-refractivity contribution in [3.05, 3.63) is 71.8 Å². The van der Waals surface area contributed by atoms with Crippen molar-refractivity contribution in [3.63, 3.8) is 0 Å². The number of nitrogens with zero attached hydrogens (tertiary/aromatic N) is 3. The quantitative estimate of drug-likeness (QED) is 0.576. The van der Waals surface area contributed by atoms with E-state index in [1.165, 1.54) is 22.9 Å². The number of hydrogen-bond donors (Lipinski definition) is 2. The Morgan fingerprint density at radius 3 is 2.42 bits per heavy atom. The fourth-order valence-corrected chi connectivity index (χ4v) is 3.41. The smallest absolute Gasteiger partial charge is 0.270 e. The minimum atomic E-state index is -3.33. The van der Waals surface area contributed by atoms with Gasteiger partial charge in [-0.15, -0.1) is 0 Å². The van der Waals surface area contributed by atoms with Crippen molar-refractivity contribution < 1.29 is 18.0 Å². The Morgan fingerprint density at radius 1 is 1.06 bits per heavy atom. The minimum absolute atomic E-state index is 0.0403. The van der Waals surface area contributed by atoms with E-state index in [1.807, 2.05) is 13.8 Å². The summed E-state index contributed by atoms with van der Waals surface area (Å²) in [6.07, 6.45) is 4.42. The van der Waals surface area contributed by atoms with Crippen LogP contribution < -0.4 is 10.6 Å². The van der Waals surface area contributed by atoms with Crippen LogP contribution in [0.1, 0.15) is 40.4 Å². The highest BCUT2D eigenvalue weighted by molar-refractivity contribution is 7.90. The van der Waals surface area contributed by atoms with Gasteiger partial charge in [-0.2, -0.15) is 5.10 Å². The van der Waals surface area contributed by atoms with Gasteiger partial charge in [0.25, 0.3) is 11.8 Å². The van der Waals surface area contributed by atoms with E-state index in [0.717, 1.165) is 6.26 Å². The molecule has 0 aliphatic carbocycles. The van der Waals surface area contributed by atoms with Crippen molar-refractivity contribution in [2.45, 2.75) is 31.3 Å². The normalized spacial score (nSPS) is 11.4. The number of rotatable bonds is 7. The molecule has 31 heavy (non-hydrogen) atoms. The number of carbonyl (C=O) groups excluding carboxylic acids is 2. The molecule has 0 bridgehead atoms. The van der Waals surface area contributed by atoms with Crippen LogP contribution >= 0.6 is 0 Å². The predicted molar refractivity (Wildman–Crippen MR) is 115 cm³/mol. The van der Waals surface area contributed by atoms with Crippen LogP contribution in [0.25, 0.3) is 5.69 Å². The van der Waals surface area contributed by atoms with E-state index in [4.69, 9.17) is 0 Å². The Hall–Kier alpha value is -3.53. The van der Waals surface area contributed by atoms with E-state index < -0.39 is 15.7 Å². The van der Waals surface area contributed by atoms with Crippen LogP contribution in [0.5, 0.6) is 0 Å². The van der Waals surface area contributed by atoms with Crippen LogP contribution in [0.15, 0.2) is 59.8 Å². The maximum Gasteiger partial charge on any atom is 0.270 e. The maximum atomic E-state index is 12.4. The zero-order chi connectivity index (χ0) is 22.6. The van der Waals surface area contributed by atoms with Crippen molar-refractivity contribution in [1.82, 2.24) is 25.4 Å². The van der Waals surface area contributed by atoms with Gasteiger partial charge in [0.2, 0.25) is 0 Å². The molecule has 0 unspecified atom stereocenters. The van der Waals surface area contributed by atoms with E-state index in [9.17, 15) is 18.0 Å². The fraction of sp³-hybridized carbons (Fsp3) is 0.238. The van der Waals surface area contributed by atoms with Crippen molar-refractivity contribution in [1.29, 1.82) is 0 Å². The van der Waals surface area contributed by atoms with E-state index >= 15 is 0 Å². The second-order valence-electron chi connectivity index (χ2n) is 7.28. The third-order valence-corrected chi connectivity index (χ3v) is 5.34. The first-order chi connectivity index (χ1) is 14.6. The van der Waals surface area contributed by atoms with Gasteiger partial charge >= 0.3 is 0 Å². The molecule has 162 valence electrons. The van der Waals surface area contributed by atoms with Gasteiger partial charge in [0, 0.05) is 30.6 Å². The molecule has 0 saturated carbocycles. The topological polar surface area (TPSA) is 123 Å².